The zero-order valence-corrected chi connectivity index (χ0v) is 11.9. The van der Waals surface area contributed by atoms with E-state index in [2.05, 4.69) is 5.16 Å². The van der Waals surface area contributed by atoms with Gasteiger partial charge in [0.25, 0.3) is 5.91 Å². The van der Waals surface area contributed by atoms with Gasteiger partial charge in [0.2, 0.25) is 0 Å². The second-order valence-electron chi connectivity index (χ2n) is 4.41. The van der Waals surface area contributed by atoms with Crippen LogP contribution in [0, 0.1) is 6.92 Å². The molecular formula is C12H16N2O4S. The smallest absolute Gasteiger partial charge is 0.327 e. The number of carbonyl (C=O) groups is 2. The first kappa shape index (κ1) is 13.9. The molecule has 0 spiro atoms. The number of aromatic nitrogens is 1. The van der Waals surface area contributed by atoms with E-state index in [4.69, 9.17) is 4.52 Å². The molecular weight excluding hydrogens is 268 g/mol. The third kappa shape index (κ3) is 2.34. The van der Waals surface area contributed by atoms with E-state index in [0.717, 1.165) is 0 Å². The van der Waals surface area contributed by atoms with Gasteiger partial charge in [0.15, 0.2) is 0 Å². The number of hydrogen-bond donors (Lipinski definition) is 1. The molecule has 2 atom stereocenters. The highest BCUT2D eigenvalue weighted by Gasteiger charge is 2.41. The average Bonchev–Trinajstić information content (AvgIpc) is 2.91. The number of hydrogen-bond acceptors (Lipinski definition) is 5. The van der Waals surface area contributed by atoms with E-state index in [1.807, 2.05) is 13.8 Å². The molecule has 1 aliphatic rings. The molecule has 1 amide bonds. The molecule has 1 aliphatic heterocycles. The van der Waals surface area contributed by atoms with Gasteiger partial charge in [-0.2, -0.15) is 0 Å². The minimum atomic E-state index is -0.975. The molecule has 2 unspecified atom stereocenters. The summed E-state index contributed by atoms with van der Waals surface area (Å²) >= 11 is 1.46. The maximum Gasteiger partial charge on any atom is 0.327 e. The van der Waals surface area contributed by atoms with Crippen LogP contribution in [0.2, 0.25) is 0 Å². The van der Waals surface area contributed by atoms with Crippen LogP contribution in [0.4, 0.5) is 0 Å². The predicted molar refractivity (Wildman–Crippen MR) is 70.1 cm³/mol. The van der Waals surface area contributed by atoms with E-state index < -0.39 is 12.0 Å². The van der Waals surface area contributed by atoms with E-state index >= 15 is 0 Å². The summed E-state index contributed by atoms with van der Waals surface area (Å²) in [6.07, 6.45) is 0.575. The van der Waals surface area contributed by atoms with Crippen molar-refractivity contribution in [3.63, 3.8) is 0 Å². The maximum atomic E-state index is 12.6. The largest absolute Gasteiger partial charge is 0.480 e. The van der Waals surface area contributed by atoms with Gasteiger partial charge >= 0.3 is 5.97 Å². The highest BCUT2D eigenvalue weighted by atomic mass is 32.2. The van der Waals surface area contributed by atoms with Crippen molar-refractivity contribution >= 4 is 23.6 Å². The molecule has 1 fully saturated rings. The normalized spacial score (nSPS) is 22.8. The van der Waals surface area contributed by atoms with Crippen LogP contribution < -0.4 is 0 Å². The SMILES string of the molecule is CCc1noc(C)c1C(=O)N1C(C)SCC1C(=O)O. The highest BCUT2D eigenvalue weighted by Crippen LogP contribution is 2.31. The molecule has 1 N–H and O–H groups in total. The van der Waals surface area contributed by atoms with Gasteiger partial charge in [0.1, 0.15) is 17.4 Å². The van der Waals surface area contributed by atoms with Crippen LogP contribution >= 0.6 is 11.8 Å². The topological polar surface area (TPSA) is 83.6 Å². The predicted octanol–water partition coefficient (Wildman–Crippen LogP) is 1.53. The van der Waals surface area contributed by atoms with Gasteiger partial charge < -0.3 is 14.5 Å². The minimum Gasteiger partial charge on any atom is -0.480 e. The van der Waals surface area contributed by atoms with Crippen LogP contribution in [0.15, 0.2) is 4.52 Å². The van der Waals surface area contributed by atoms with Crippen molar-refractivity contribution in [3.05, 3.63) is 17.0 Å². The summed E-state index contributed by atoms with van der Waals surface area (Å²) in [5, 5.41) is 12.9. The molecule has 1 saturated heterocycles. The van der Waals surface area contributed by atoms with Gasteiger partial charge in [-0.05, 0) is 20.3 Å². The van der Waals surface area contributed by atoms with Crippen LogP contribution in [0.3, 0.4) is 0 Å². The summed E-state index contributed by atoms with van der Waals surface area (Å²) in [5.74, 6) is -0.429. The molecule has 0 radical (unpaired) electrons. The number of thioether (sulfide) groups is 1. The molecule has 104 valence electrons. The number of carbonyl (C=O) groups excluding carboxylic acids is 1. The summed E-state index contributed by atoms with van der Waals surface area (Å²) in [4.78, 5) is 25.2. The van der Waals surface area contributed by atoms with Crippen LogP contribution in [0.1, 0.15) is 35.7 Å². The van der Waals surface area contributed by atoms with Crippen molar-refractivity contribution in [2.45, 2.75) is 38.6 Å². The number of amides is 1. The number of aryl methyl sites for hydroxylation is 2. The number of rotatable bonds is 3. The second-order valence-corrected chi connectivity index (χ2v) is 5.76. The third-order valence-electron chi connectivity index (χ3n) is 3.22. The molecule has 1 aromatic heterocycles. The van der Waals surface area contributed by atoms with Gasteiger partial charge in [-0.1, -0.05) is 12.1 Å². The minimum absolute atomic E-state index is 0.160. The van der Waals surface area contributed by atoms with Crippen molar-refractivity contribution in [1.82, 2.24) is 10.1 Å². The average molecular weight is 284 g/mol. The van der Waals surface area contributed by atoms with Crippen molar-refractivity contribution in [3.8, 4) is 0 Å². The van der Waals surface area contributed by atoms with E-state index in [1.165, 1.54) is 16.7 Å². The Morgan fingerprint density at radius 3 is 2.84 bits per heavy atom. The molecule has 2 rings (SSSR count). The molecule has 0 saturated carbocycles. The highest BCUT2D eigenvalue weighted by molar-refractivity contribution is 8.00. The molecule has 2 heterocycles. The first-order valence-corrected chi connectivity index (χ1v) is 7.14. The fraction of sp³-hybridized carbons (Fsp3) is 0.583. The summed E-state index contributed by atoms with van der Waals surface area (Å²) in [5.41, 5.74) is 0.985. The zero-order valence-electron chi connectivity index (χ0n) is 11.0. The fourth-order valence-corrected chi connectivity index (χ4v) is 3.37. The number of nitrogens with zero attached hydrogens (tertiary/aromatic N) is 2. The lowest BCUT2D eigenvalue weighted by Gasteiger charge is -2.24. The summed E-state index contributed by atoms with van der Waals surface area (Å²) in [6, 6.07) is -0.786. The Balaban J connectivity index is 2.37. The van der Waals surface area contributed by atoms with E-state index in [-0.39, 0.29) is 11.3 Å². The first-order chi connectivity index (χ1) is 8.97. The van der Waals surface area contributed by atoms with Gasteiger partial charge in [-0.25, -0.2) is 4.79 Å². The Morgan fingerprint density at radius 1 is 1.58 bits per heavy atom. The Kier molecular flexibility index (Phi) is 3.84. The summed E-state index contributed by atoms with van der Waals surface area (Å²) in [6.45, 7) is 5.38. The van der Waals surface area contributed by atoms with Crippen LogP contribution in [0.5, 0.6) is 0 Å². The number of aliphatic carboxylic acids is 1. The molecule has 6 nitrogen and oxygen atoms in total. The lowest BCUT2D eigenvalue weighted by Crippen LogP contribution is -2.45. The molecule has 1 aromatic rings. The molecule has 0 aliphatic carbocycles. The third-order valence-corrected chi connectivity index (χ3v) is 4.44. The zero-order chi connectivity index (χ0) is 14.2. The van der Waals surface area contributed by atoms with Gasteiger partial charge in [0, 0.05) is 5.75 Å². The molecule has 0 aromatic carbocycles. The first-order valence-electron chi connectivity index (χ1n) is 6.09. The molecule has 19 heavy (non-hydrogen) atoms. The van der Waals surface area contributed by atoms with Crippen LogP contribution in [-0.2, 0) is 11.2 Å². The van der Waals surface area contributed by atoms with Crippen molar-refractivity contribution in [1.29, 1.82) is 0 Å². The standard InChI is InChI=1S/C12H16N2O4S/c1-4-8-10(6(2)18-13-8)11(15)14-7(3)19-5-9(14)12(16)17/h7,9H,4-5H2,1-3H3,(H,16,17). The molecule has 7 heteroatoms. The van der Waals surface area contributed by atoms with E-state index in [0.29, 0.717) is 29.2 Å². The maximum absolute atomic E-state index is 12.6. The summed E-state index contributed by atoms with van der Waals surface area (Å²) < 4.78 is 5.05. The Hall–Kier alpha value is -1.50. The lowest BCUT2D eigenvalue weighted by atomic mass is 10.1. The fourth-order valence-electron chi connectivity index (χ4n) is 2.20. The second kappa shape index (κ2) is 5.24. The van der Waals surface area contributed by atoms with Gasteiger partial charge in [-0.3, -0.25) is 4.79 Å². The van der Waals surface area contributed by atoms with Crippen molar-refractivity contribution < 1.29 is 19.2 Å². The van der Waals surface area contributed by atoms with Crippen molar-refractivity contribution in [2.75, 3.05) is 5.75 Å². The Labute approximate surface area is 115 Å². The number of carboxylic acids is 1. The van der Waals surface area contributed by atoms with E-state index in [9.17, 15) is 14.7 Å². The van der Waals surface area contributed by atoms with Crippen molar-refractivity contribution in [2.24, 2.45) is 0 Å². The van der Waals surface area contributed by atoms with Crippen LogP contribution in [-0.4, -0.2) is 44.2 Å². The lowest BCUT2D eigenvalue weighted by molar-refractivity contribution is -0.141. The van der Waals surface area contributed by atoms with Gasteiger partial charge in [0.05, 0.1) is 11.1 Å². The van der Waals surface area contributed by atoms with E-state index in [1.54, 1.807) is 6.92 Å². The summed E-state index contributed by atoms with van der Waals surface area (Å²) in [7, 11) is 0. The Bertz CT molecular complexity index is 514. The van der Waals surface area contributed by atoms with Crippen LogP contribution in [0.25, 0.3) is 0 Å². The monoisotopic (exact) mass is 284 g/mol. The Morgan fingerprint density at radius 2 is 2.26 bits per heavy atom. The number of carboxylic acid groups (broad SMARTS) is 1. The van der Waals surface area contributed by atoms with Gasteiger partial charge in [-0.15, -0.1) is 11.8 Å². The molecule has 0 bridgehead atoms. The quantitative estimate of drug-likeness (QED) is 0.906.